The number of rotatable bonds is 8. The van der Waals surface area contributed by atoms with E-state index >= 15 is 0 Å². The van der Waals surface area contributed by atoms with Crippen LogP contribution in [0.15, 0.2) is 94.9 Å². The Hall–Kier alpha value is -5.49. The Kier molecular flexibility index (Phi) is 9.35. The van der Waals surface area contributed by atoms with Gasteiger partial charge in [0.2, 0.25) is 0 Å². The van der Waals surface area contributed by atoms with E-state index in [0.717, 1.165) is 36.4 Å². The Morgan fingerprint density at radius 1 is 0.923 bits per heavy atom. The number of carbonyl (C=O) groups excluding carboxylic acids is 1. The molecule has 12 heteroatoms. The van der Waals surface area contributed by atoms with Gasteiger partial charge in [0.15, 0.2) is 5.65 Å². The Balaban J connectivity index is 1.14. The van der Waals surface area contributed by atoms with Gasteiger partial charge in [-0.25, -0.2) is 28.1 Å². The SMILES string of the molecule is CN(CCc1ccc(-c2cccc(-n3c(=O)n([C@H]4CC[C@@H](NC(=O)c5cn6cc(F)ccc6n5)CC4)c(=O)c4cc(F)cnc43)c2)cc1)C(C)(C)C. The lowest BCUT2D eigenvalue weighted by Gasteiger charge is -2.31. The fourth-order valence-corrected chi connectivity index (χ4v) is 6.87. The van der Waals surface area contributed by atoms with Crippen molar-refractivity contribution >= 4 is 22.6 Å². The molecule has 1 N–H and O–H groups in total. The summed E-state index contributed by atoms with van der Waals surface area (Å²) in [7, 11) is 2.12. The number of hydrogen-bond donors (Lipinski definition) is 1. The lowest BCUT2D eigenvalue weighted by molar-refractivity contribution is 0.0917. The topological polar surface area (TPSA) is 107 Å². The highest BCUT2D eigenvalue weighted by Crippen LogP contribution is 2.29. The molecular weight excluding hydrogens is 664 g/mol. The minimum atomic E-state index is -0.676. The van der Waals surface area contributed by atoms with Crippen molar-refractivity contribution < 1.29 is 13.6 Å². The minimum Gasteiger partial charge on any atom is -0.348 e. The summed E-state index contributed by atoms with van der Waals surface area (Å²) in [5.41, 5.74) is 3.19. The van der Waals surface area contributed by atoms with Crippen LogP contribution in [0, 0.1) is 11.6 Å². The Morgan fingerprint density at radius 2 is 1.67 bits per heavy atom. The largest absolute Gasteiger partial charge is 0.348 e. The van der Waals surface area contributed by atoms with Gasteiger partial charge in [0.1, 0.15) is 23.0 Å². The fourth-order valence-electron chi connectivity index (χ4n) is 6.87. The third kappa shape index (κ3) is 7.03. The summed E-state index contributed by atoms with van der Waals surface area (Å²) in [5.74, 6) is -1.50. The van der Waals surface area contributed by atoms with Crippen molar-refractivity contribution in [3.05, 3.63) is 129 Å². The smallest absolute Gasteiger partial charge is 0.337 e. The van der Waals surface area contributed by atoms with E-state index < -0.39 is 28.9 Å². The van der Waals surface area contributed by atoms with Gasteiger partial charge in [-0.2, -0.15) is 0 Å². The summed E-state index contributed by atoms with van der Waals surface area (Å²) in [6.07, 6.45) is 6.52. The van der Waals surface area contributed by atoms with Gasteiger partial charge in [-0.05, 0) is 107 Å². The maximum Gasteiger partial charge on any atom is 0.337 e. The molecule has 6 aromatic rings. The predicted octanol–water partition coefficient (Wildman–Crippen LogP) is 6.33. The summed E-state index contributed by atoms with van der Waals surface area (Å²) in [6.45, 7) is 7.51. The number of fused-ring (bicyclic) bond motifs is 2. The van der Waals surface area contributed by atoms with Crippen molar-refractivity contribution in [3.63, 3.8) is 0 Å². The summed E-state index contributed by atoms with van der Waals surface area (Å²) in [4.78, 5) is 52.0. The van der Waals surface area contributed by atoms with E-state index in [0.29, 0.717) is 37.0 Å². The number of amides is 1. The normalized spacial score (nSPS) is 16.5. The molecule has 0 saturated heterocycles. The Morgan fingerprint density at radius 3 is 2.40 bits per heavy atom. The third-order valence-electron chi connectivity index (χ3n) is 10.2. The molecule has 1 aliphatic rings. The fraction of sp³-hybridized carbons (Fsp3) is 0.325. The first-order valence-electron chi connectivity index (χ1n) is 17.5. The molecule has 1 saturated carbocycles. The molecule has 268 valence electrons. The molecule has 52 heavy (non-hydrogen) atoms. The van der Waals surface area contributed by atoms with Crippen molar-refractivity contribution in [1.29, 1.82) is 0 Å². The van der Waals surface area contributed by atoms with Crippen LogP contribution < -0.4 is 16.6 Å². The quantitative estimate of drug-likeness (QED) is 0.199. The molecular formula is C40H41F2N7O3. The van der Waals surface area contributed by atoms with Crippen molar-refractivity contribution in [2.45, 2.75) is 70.5 Å². The maximum absolute atomic E-state index is 14.5. The average molecular weight is 706 g/mol. The van der Waals surface area contributed by atoms with Gasteiger partial charge in [0, 0.05) is 36.6 Å². The number of halogens is 2. The molecule has 1 aliphatic carbocycles. The van der Waals surface area contributed by atoms with Crippen LogP contribution >= 0.6 is 0 Å². The molecule has 0 bridgehead atoms. The second-order valence-corrected chi connectivity index (χ2v) is 14.6. The maximum atomic E-state index is 14.5. The van der Waals surface area contributed by atoms with Crippen LogP contribution in [0.1, 0.15) is 68.5 Å². The second kappa shape index (κ2) is 13.9. The molecule has 4 heterocycles. The van der Waals surface area contributed by atoms with Gasteiger partial charge in [-0.1, -0.05) is 36.4 Å². The van der Waals surface area contributed by atoms with E-state index in [1.54, 1.807) is 6.07 Å². The highest BCUT2D eigenvalue weighted by atomic mass is 19.1. The molecule has 0 aliphatic heterocycles. The number of aromatic nitrogens is 5. The van der Waals surface area contributed by atoms with Crippen molar-refractivity contribution in [3.8, 4) is 16.8 Å². The molecule has 0 spiro atoms. The first kappa shape index (κ1) is 34.9. The minimum absolute atomic E-state index is 0.00768. The summed E-state index contributed by atoms with van der Waals surface area (Å²) < 4.78 is 32.2. The summed E-state index contributed by atoms with van der Waals surface area (Å²) in [6, 6.07) is 19.0. The number of nitrogens with one attached hydrogen (secondary N) is 1. The number of imidazole rings is 1. The first-order chi connectivity index (χ1) is 24.9. The van der Waals surface area contributed by atoms with Gasteiger partial charge in [0.05, 0.1) is 17.3 Å². The van der Waals surface area contributed by atoms with E-state index in [9.17, 15) is 23.2 Å². The van der Waals surface area contributed by atoms with Crippen LogP contribution in [0.3, 0.4) is 0 Å². The van der Waals surface area contributed by atoms with E-state index in [-0.39, 0.29) is 34.2 Å². The van der Waals surface area contributed by atoms with E-state index in [2.05, 4.69) is 72.3 Å². The molecule has 7 rings (SSSR count). The van der Waals surface area contributed by atoms with E-state index in [1.165, 1.54) is 43.6 Å². The zero-order valence-electron chi connectivity index (χ0n) is 29.6. The zero-order valence-corrected chi connectivity index (χ0v) is 29.6. The molecule has 10 nitrogen and oxygen atoms in total. The zero-order chi connectivity index (χ0) is 36.7. The van der Waals surface area contributed by atoms with Gasteiger partial charge in [-0.15, -0.1) is 0 Å². The molecule has 1 amide bonds. The van der Waals surface area contributed by atoms with Crippen LogP contribution in [0.2, 0.25) is 0 Å². The number of carbonyl (C=O) groups is 1. The third-order valence-corrected chi connectivity index (χ3v) is 10.2. The lowest BCUT2D eigenvalue weighted by Crippen LogP contribution is -2.45. The van der Waals surface area contributed by atoms with Crippen LogP contribution in [0.25, 0.3) is 33.5 Å². The van der Waals surface area contributed by atoms with Crippen molar-refractivity contribution in [2.24, 2.45) is 0 Å². The summed E-state index contributed by atoms with van der Waals surface area (Å²) >= 11 is 0. The summed E-state index contributed by atoms with van der Waals surface area (Å²) in [5, 5.41) is 3.00. The molecule has 0 unspecified atom stereocenters. The number of pyridine rings is 2. The van der Waals surface area contributed by atoms with E-state index in [1.807, 2.05) is 18.2 Å². The molecule has 0 atom stereocenters. The monoisotopic (exact) mass is 705 g/mol. The standard InChI is InChI=1S/C40H41F2N7O3/c1-40(2,3)46(4)19-18-25-8-10-26(11-9-25)27-6-5-7-32(20-27)48-36-33(21-29(42)22-43-36)38(51)49(39(48)52)31-15-13-30(14-16-31)44-37(50)34-24-47-23-28(41)12-17-35(47)45-34/h5-12,17,20-24,30-31H,13-16,18-19H2,1-4H3,(H,44,50)/t30-,31+. The second-order valence-electron chi connectivity index (χ2n) is 14.6. The number of hydrogen-bond acceptors (Lipinski definition) is 6. The predicted molar refractivity (Wildman–Crippen MR) is 197 cm³/mol. The highest BCUT2D eigenvalue weighted by Gasteiger charge is 2.29. The highest BCUT2D eigenvalue weighted by molar-refractivity contribution is 5.93. The van der Waals surface area contributed by atoms with Crippen LogP contribution in [0.5, 0.6) is 0 Å². The van der Waals surface area contributed by atoms with Crippen LogP contribution in [-0.2, 0) is 6.42 Å². The number of nitrogens with zero attached hydrogens (tertiary/aromatic N) is 6. The first-order valence-corrected chi connectivity index (χ1v) is 17.5. The van der Waals surface area contributed by atoms with Crippen molar-refractivity contribution in [1.82, 2.24) is 33.7 Å². The van der Waals surface area contributed by atoms with Gasteiger partial charge in [-0.3, -0.25) is 14.2 Å². The Bertz CT molecular complexity index is 2400. The molecule has 2 aromatic carbocycles. The van der Waals surface area contributed by atoms with Crippen molar-refractivity contribution in [2.75, 3.05) is 13.6 Å². The number of benzene rings is 2. The lowest BCUT2D eigenvalue weighted by atomic mass is 9.90. The molecule has 4 aromatic heterocycles. The van der Waals surface area contributed by atoms with Gasteiger partial charge in [0.25, 0.3) is 11.5 Å². The number of likely N-dealkylation sites (N-methyl/N-ethyl adjacent to an activating group) is 1. The van der Waals surface area contributed by atoms with Gasteiger partial charge >= 0.3 is 5.69 Å². The van der Waals surface area contributed by atoms with E-state index in [4.69, 9.17) is 0 Å². The van der Waals surface area contributed by atoms with Gasteiger partial charge < -0.3 is 14.6 Å². The molecule has 0 radical (unpaired) electrons. The van der Waals surface area contributed by atoms with Crippen LogP contribution in [-0.4, -0.2) is 59.5 Å². The Labute approximate surface area is 299 Å². The van der Waals surface area contributed by atoms with Crippen LogP contribution in [0.4, 0.5) is 8.78 Å². The molecule has 1 fully saturated rings. The average Bonchev–Trinajstić information content (AvgIpc) is 3.55.